The van der Waals surface area contributed by atoms with Gasteiger partial charge in [-0.2, -0.15) is 10.2 Å². The molecule has 0 aliphatic rings. The second kappa shape index (κ2) is 7.34. The van der Waals surface area contributed by atoms with Crippen LogP contribution in [-0.4, -0.2) is 25.5 Å². The molecular formula is C19H23N5O. The van der Waals surface area contributed by atoms with Crippen LogP contribution in [-0.2, 0) is 17.9 Å². The van der Waals surface area contributed by atoms with Gasteiger partial charge in [0.25, 0.3) is 0 Å². The van der Waals surface area contributed by atoms with E-state index in [4.69, 9.17) is 0 Å². The summed E-state index contributed by atoms with van der Waals surface area (Å²) in [4.78, 5) is 12.1. The number of hydrogen-bond donors (Lipinski definition) is 1. The van der Waals surface area contributed by atoms with Crippen LogP contribution in [0.3, 0.4) is 0 Å². The standard InChI is InChI=1S/C19H23N5O/c1-14-11-21-23(13-14)10-9-19(25)20-12-18-15(2)22-24(16(18)3)17-7-5-4-6-8-17/h4-8,11,13H,9-10,12H2,1-3H3,(H,20,25). The minimum Gasteiger partial charge on any atom is -0.352 e. The van der Waals surface area contributed by atoms with Crippen molar-refractivity contribution < 1.29 is 4.79 Å². The fraction of sp³-hybridized carbons (Fsp3) is 0.316. The summed E-state index contributed by atoms with van der Waals surface area (Å²) >= 11 is 0. The van der Waals surface area contributed by atoms with Crippen LogP contribution in [0.4, 0.5) is 0 Å². The number of nitrogens with one attached hydrogen (secondary N) is 1. The smallest absolute Gasteiger partial charge is 0.222 e. The zero-order valence-electron chi connectivity index (χ0n) is 14.9. The second-order valence-electron chi connectivity index (χ2n) is 6.20. The minimum absolute atomic E-state index is 0.0133. The summed E-state index contributed by atoms with van der Waals surface area (Å²) in [5.41, 5.74) is 5.16. The van der Waals surface area contributed by atoms with Crippen LogP contribution in [0.5, 0.6) is 0 Å². The Bertz CT molecular complexity index is 863. The lowest BCUT2D eigenvalue weighted by Crippen LogP contribution is -2.24. The highest BCUT2D eigenvalue weighted by Crippen LogP contribution is 2.17. The van der Waals surface area contributed by atoms with Crippen molar-refractivity contribution in [3.63, 3.8) is 0 Å². The van der Waals surface area contributed by atoms with E-state index in [0.717, 1.165) is 28.2 Å². The van der Waals surface area contributed by atoms with E-state index in [0.29, 0.717) is 19.5 Å². The molecule has 3 rings (SSSR count). The second-order valence-corrected chi connectivity index (χ2v) is 6.20. The summed E-state index contributed by atoms with van der Waals surface area (Å²) in [7, 11) is 0. The highest BCUT2D eigenvalue weighted by Gasteiger charge is 2.13. The lowest BCUT2D eigenvalue weighted by molar-refractivity contribution is -0.121. The van der Waals surface area contributed by atoms with Gasteiger partial charge < -0.3 is 5.32 Å². The number of aromatic nitrogens is 4. The third-order valence-corrected chi connectivity index (χ3v) is 4.23. The predicted octanol–water partition coefficient (Wildman–Crippen LogP) is 2.70. The van der Waals surface area contributed by atoms with Gasteiger partial charge in [0.1, 0.15) is 0 Å². The number of amides is 1. The van der Waals surface area contributed by atoms with Gasteiger partial charge in [-0.1, -0.05) is 18.2 Å². The lowest BCUT2D eigenvalue weighted by Gasteiger charge is -2.07. The molecule has 3 aromatic rings. The summed E-state index contributed by atoms with van der Waals surface area (Å²) < 4.78 is 3.71. The van der Waals surface area contributed by atoms with Crippen molar-refractivity contribution in [2.24, 2.45) is 0 Å². The topological polar surface area (TPSA) is 64.7 Å². The van der Waals surface area contributed by atoms with Gasteiger partial charge >= 0.3 is 0 Å². The number of para-hydroxylation sites is 1. The molecule has 0 spiro atoms. The van der Waals surface area contributed by atoms with Crippen LogP contribution in [0.1, 0.15) is 28.9 Å². The molecule has 0 saturated heterocycles. The molecule has 0 saturated carbocycles. The zero-order chi connectivity index (χ0) is 17.8. The van der Waals surface area contributed by atoms with Crippen molar-refractivity contribution in [1.29, 1.82) is 0 Å². The highest BCUT2D eigenvalue weighted by atomic mass is 16.1. The molecule has 1 amide bonds. The number of carbonyl (C=O) groups is 1. The van der Waals surface area contributed by atoms with Crippen molar-refractivity contribution in [2.45, 2.75) is 40.3 Å². The van der Waals surface area contributed by atoms with Crippen LogP contribution in [0.15, 0.2) is 42.7 Å². The number of hydrogen-bond acceptors (Lipinski definition) is 3. The molecule has 1 aromatic carbocycles. The normalized spacial score (nSPS) is 10.8. The Morgan fingerprint density at radius 1 is 1.16 bits per heavy atom. The van der Waals surface area contributed by atoms with Crippen molar-refractivity contribution >= 4 is 5.91 Å². The average Bonchev–Trinajstić information content (AvgIpc) is 3.15. The van der Waals surface area contributed by atoms with Crippen LogP contribution in [0.2, 0.25) is 0 Å². The number of nitrogens with zero attached hydrogens (tertiary/aromatic N) is 4. The van der Waals surface area contributed by atoms with Gasteiger partial charge in [-0.3, -0.25) is 9.48 Å². The lowest BCUT2D eigenvalue weighted by atomic mass is 10.2. The Kier molecular flexibility index (Phi) is 4.97. The SMILES string of the molecule is Cc1cnn(CCC(=O)NCc2c(C)nn(-c3ccccc3)c2C)c1. The highest BCUT2D eigenvalue weighted by molar-refractivity contribution is 5.75. The van der Waals surface area contributed by atoms with Crippen LogP contribution < -0.4 is 5.32 Å². The van der Waals surface area contributed by atoms with Gasteiger partial charge in [0.15, 0.2) is 0 Å². The van der Waals surface area contributed by atoms with Gasteiger partial charge in [-0.15, -0.1) is 0 Å². The van der Waals surface area contributed by atoms with Crippen molar-refractivity contribution in [3.05, 3.63) is 65.2 Å². The molecule has 0 unspecified atom stereocenters. The van der Waals surface area contributed by atoms with Crippen LogP contribution in [0.25, 0.3) is 5.69 Å². The van der Waals surface area contributed by atoms with E-state index < -0.39 is 0 Å². The maximum Gasteiger partial charge on any atom is 0.222 e. The molecule has 0 fully saturated rings. The molecule has 2 aromatic heterocycles. The van der Waals surface area contributed by atoms with E-state index in [1.807, 2.05) is 62.0 Å². The van der Waals surface area contributed by atoms with E-state index in [9.17, 15) is 4.79 Å². The van der Waals surface area contributed by atoms with Crippen LogP contribution in [0, 0.1) is 20.8 Å². The van der Waals surface area contributed by atoms with E-state index in [1.54, 1.807) is 10.9 Å². The molecule has 2 heterocycles. The third-order valence-electron chi connectivity index (χ3n) is 4.23. The summed E-state index contributed by atoms with van der Waals surface area (Å²) in [6, 6.07) is 10.0. The summed E-state index contributed by atoms with van der Waals surface area (Å²) in [6.07, 6.45) is 4.14. The molecule has 1 N–H and O–H groups in total. The predicted molar refractivity (Wildman–Crippen MR) is 96.5 cm³/mol. The molecule has 6 nitrogen and oxygen atoms in total. The molecule has 0 aliphatic heterocycles. The third kappa shape index (κ3) is 3.96. The van der Waals surface area contributed by atoms with Crippen molar-refractivity contribution in [1.82, 2.24) is 24.9 Å². The molecule has 0 atom stereocenters. The van der Waals surface area contributed by atoms with Gasteiger partial charge in [-0.05, 0) is 38.5 Å². The maximum atomic E-state index is 12.1. The molecule has 6 heteroatoms. The fourth-order valence-electron chi connectivity index (χ4n) is 2.83. The zero-order valence-corrected chi connectivity index (χ0v) is 14.9. The first kappa shape index (κ1) is 17.0. The average molecular weight is 337 g/mol. The van der Waals surface area contributed by atoms with Crippen LogP contribution >= 0.6 is 0 Å². The summed E-state index contributed by atoms with van der Waals surface area (Å²) in [5.74, 6) is 0.0133. The first-order valence-corrected chi connectivity index (χ1v) is 8.41. The van der Waals surface area contributed by atoms with Crippen molar-refractivity contribution in [2.75, 3.05) is 0 Å². The van der Waals surface area contributed by atoms with Gasteiger partial charge in [-0.25, -0.2) is 4.68 Å². The summed E-state index contributed by atoms with van der Waals surface area (Å²) in [5, 5.41) is 11.8. The first-order chi connectivity index (χ1) is 12.0. The number of aryl methyl sites for hydroxylation is 3. The number of carbonyl (C=O) groups excluding carboxylic acids is 1. The van der Waals surface area contributed by atoms with E-state index in [1.165, 1.54) is 0 Å². The number of rotatable bonds is 6. The van der Waals surface area contributed by atoms with E-state index in [-0.39, 0.29) is 5.91 Å². The van der Waals surface area contributed by atoms with Gasteiger partial charge in [0.05, 0.1) is 17.6 Å². The maximum absolute atomic E-state index is 12.1. The van der Waals surface area contributed by atoms with Gasteiger partial charge in [0.2, 0.25) is 5.91 Å². The minimum atomic E-state index is 0.0133. The molecular weight excluding hydrogens is 314 g/mol. The Morgan fingerprint density at radius 3 is 2.60 bits per heavy atom. The Labute approximate surface area is 147 Å². The molecule has 0 bridgehead atoms. The Hall–Kier alpha value is -2.89. The molecule has 0 aliphatic carbocycles. The summed E-state index contributed by atoms with van der Waals surface area (Å²) in [6.45, 7) is 7.06. The fourth-order valence-corrected chi connectivity index (χ4v) is 2.83. The van der Waals surface area contributed by atoms with E-state index in [2.05, 4.69) is 15.5 Å². The molecule has 0 radical (unpaired) electrons. The molecule has 25 heavy (non-hydrogen) atoms. The molecule has 130 valence electrons. The Morgan fingerprint density at radius 2 is 1.92 bits per heavy atom. The van der Waals surface area contributed by atoms with E-state index >= 15 is 0 Å². The van der Waals surface area contributed by atoms with Gasteiger partial charge in [0, 0.05) is 37.0 Å². The largest absolute Gasteiger partial charge is 0.352 e. The van der Waals surface area contributed by atoms with Crippen molar-refractivity contribution in [3.8, 4) is 5.69 Å². The first-order valence-electron chi connectivity index (χ1n) is 8.41. The monoisotopic (exact) mass is 337 g/mol. The quantitative estimate of drug-likeness (QED) is 0.752. The number of benzene rings is 1. The Balaban J connectivity index is 1.61.